The summed E-state index contributed by atoms with van der Waals surface area (Å²) in [7, 11) is -2.78. The molecular formula is C26H33F3NO2PSi. The second-order valence-corrected chi connectivity index (χ2v) is 17.8. The number of nitrogens with zero attached hydrogens (tertiary/aromatic N) is 1. The van der Waals surface area contributed by atoms with Crippen molar-refractivity contribution < 1.29 is 22.0 Å². The van der Waals surface area contributed by atoms with Gasteiger partial charge in [0.15, 0.2) is 0 Å². The summed E-state index contributed by atoms with van der Waals surface area (Å²) < 4.78 is 52.3. The summed E-state index contributed by atoms with van der Waals surface area (Å²) in [5.41, 5.74) is 2.07. The zero-order valence-corrected chi connectivity index (χ0v) is 22.7. The third-order valence-electron chi connectivity index (χ3n) is 5.34. The minimum absolute atomic E-state index is 0.218. The zero-order valence-electron chi connectivity index (χ0n) is 20.8. The first-order chi connectivity index (χ1) is 15.8. The molecule has 3 aromatic rings. The molecule has 0 bridgehead atoms. The van der Waals surface area contributed by atoms with Gasteiger partial charge in [0.25, 0.3) is 5.95 Å². The second-order valence-electron chi connectivity index (χ2n) is 9.93. The summed E-state index contributed by atoms with van der Waals surface area (Å²) in [6.45, 7) is 14.9. The summed E-state index contributed by atoms with van der Waals surface area (Å²) in [6.07, 6.45) is -4.38. The Morgan fingerprint density at radius 2 is 1.44 bits per heavy atom. The van der Waals surface area contributed by atoms with Crippen LogP contribution >= 0.6 is 7.92 Å². The fraction of sp³-hybridized carbons (Fsp3) is 0.423. The number of benzene rings is 2. The van der Waals surface area contributed by atoms with Crippen molar-refractivity contribution in [1.29, 1.82) is 0 Å². The number of hydrogen-bond acceptors (Lipinski definition) is 3. The third kappa shape index (κ3) is 6.31. The highest BCUT2D eigenvalue weighted by molar-refractivity contribution is 7.59. The maximum absolute atomic E-state index is 13.3. The van der Waals surface area contributed by atoms with Crippen LogP contribution in [-0.2, 0) is 6.18 Å². The van der Waals surface area contributed by atoms with Crippen LogP contribution in [0, 0.1) is 0 Å². The molecule has 0 aliphatic heterocycles. The molecule has 0 saturated carbocycles. The normalized spacial score (nSPS) is 13.7. The Morgan fingerprint density at radius 1 is 0.882 bits per heavy atom. The van der Waals surface area contributed by atoms with Gasteiger partial charge in [0.1, 0.15) is 5.69 Å². The van der Waals surface area contributed by atoms with Gasteiger partial charge in [0.05, 0.1) is 11.2 Å². The molecule has 0 aliphatic rings. The van der Waals surface area contributed by atoms with Gasteiger partial charge >= 0.3 is 6.18 Å². The Labute approximate surface area is 202 Å². The summed E-state index contributed by atoms with van der Waals surface area (Å²) in [5.74, 6) is 0.847. The van der Waals surface area contributed by atoms with E-state index in [0.29, 0.717) is 28.8 Å². The summed E-state index contributed by atoms with van der Waals surface area (Å²) in [4.78, 5) is 4.92. The Balaban J connectivity index is 2.23. The van der Waals surface area contributed by atoms with E-state index in [0.717, 1.165) is 23.3 Å². The topological polar surface area (TPSA) is 35.3 Å². The van der Waals surface area contributed by atoms with Crippen molar-refractivity contribution in [2.75, 3.05) is 0 Å². The number of hydrogen-bond donors (Lipinski definition) is 0. The highest BCUT2D eigenvalue weighted by Crippen LogP contribution is 2.62. The highest BCUT2D eigenvalue weighted by atomic mass is 31.1. The molecule has 8 heteroatoms. The summed E-state index contributed by atoms with van der Waals surface area (Å²) >= 11 is 0. The van der Waals surface area contributed by atoms with E-state index in [2.05, 4.69) is 47.3 Å². The average molecular weight is 508 g/mol. The lowest BCUT2D eigenvalue weighted by Crippen LogP contribution is -2.29. The smallest absolute Gasteiger partial charge is 0.416 e. The molecule has 0 aliphatic carbocycles. The predicted molar refractivity (Wildman–Crippen MR) is 136 cm³/mol. The predicted octanol–water partition coefficient (Wildman–Crippen LogP) is 8.96. The first kappa shape index (κ1) is 26.5. The van der Waals surface area contributed by atoms with Crippen LogP contribution in [0.15, 0.2) is 59.0 Å². The molecule has 3 nitrogen and oxygen atoms in total. The number of halogens is 3. The molecule has 1 unspecified atom stereocenters. The van der Waals surface area contributed by atoms with Crippen LogP contribution in [0.1, 0.15) is 50.2 Å². The van der Waals surface area contributed by atoms with E-state index in [-0.39, 0.29) is 5.66 Å². The summed E-state index contributed by atoms with van der Waals surface area (Å²) in [5, 5.41) is 0. The van der Waals surface area contributed by atoms with Crippen molar-refractivity contribution in [2.24, 2.45) is 0 Å². The van der Waals surface area contributed by atoms with Crippen molar-refractivity contribution in [1.82, 2.24) is 4.98 Å². The SMILES string of the molecule is CC(C)P(C(C)C)C(c1ccc(C(F)(F)F)cc1)c1nc(-c2ccccc2)oc1O[Si](C)(C)C. The van der Waals surface area contributed by atoms with Gasteiger partial charge < -0.3 is 8.84 Å². The third-order valence-corrected chi connectivity index (χ3v) is 9.67. The minimum atomic E-state index is -4.38. The molecule has 1 aromatic heterocycles. The minimum Gasteiger partial charge on any atom is -0.518 e. The van der Waals surface area contributed by atoms with Crippen molar-refractivity contribution in [3.05, 3.63) is 71.4 Å². The van der Waals surface area contributed by atoms with Gasteiger partial charge in [0, 0.05) is 5.56 Å². The van der Waals surface area contributed by atoms with Crippen molar-refractivity contribution in [3.8, 4) is 17.4 Å². The van der Waals surface area contributed by atoms with Crippen LogP contribution in [-0.4, -0.2) is 24.6 Å². The van der Waals surface area contributed by atoms with Crippen molar-refractivity contribution >= 4 is 16.2 Å². The van der Waals surface area contributed by atoms with E-state index in [9.17, 15) is 13.2 Å². The fourth-order valence-electron chi connectivity index (χ4n) is 4.06. The lowest BCUT2D eigenvalue weighted by Gasteiger charge is -2.34. The molecule has 1 heterocycles. The van der Waals surface area contributed by atoms with E-state index in [4.69, 9.17) is 13.8 Å². The summed E-state index contributed by atoms with van der Waals surface area (Å²) in [6, 6.07) is 15.1. The maximum atomic E-state index is 13.3. The van der Waals surface area contributed by atoms with Crippen LogP contribution in [0.3, 0.4) is 0 Å². The fourth-order valence-corrected chi connectivity index (χ4v) is 8.11. The number of alkyl halides is 3. The number of rotatable bonds is 8. The number of aromatic nitrogens is 1. The van der Waals surface area contributed by atoms with Crippen LogP contribution in [0.25, 0.3) is 11.5 Å². The van der Waals surface area contributed by atoms with Gasteiger partial charge in [-0.05, 0) is 60.8 Å². The van der Waals surface area contributed by atoms with Crippen LogP contribution < -0.4 is 4.43 Å². The van der Waals surface area contributed by atoms with E-state index >= 15 is 0 Å². The largest absolute Gasteiger partial charge is 0.518 e. The quantitative estimate of drug-likeness (QED) is 0.225. The Morgan fingerprint density at radius 3 is 1.91 bits per heavy atom. The number of oxazole rings is 1. The van der Waals surface area contributed by atoms with Gasteiger partial charge in [-0.3, -0.25) is 0 Å². The van der Waals surface area contributed by atoms with Gasteiger partial charge in [-0.1, -0.05) is 65.9 Å². The molecule has 34 heavy (non-hydrogen) atoms. The molecule has 0 saturated heterocycles. The van der Waals surface area contributed by atoms with Crippen LogP contribution in [0.5, 0.6) is 5.95 Å². The first-order valence-electron chi connectivity index (χ1n) is 11.5. The molecule has 3 rings (SSSR count). The van der Waals surface area contributed by atoms with Gasteiger partial charge in [-0.15, -0.1) is 0 Å². The lowest BCUT2D eigenvalue weighted by molar-refractivity contribution is -0.137. The van der Waals surface area contributed by atoms with Crippen molar-refractivity contribution in [3.63, 3.8) is 0 Å². The monoisotopic (exact) mass is 507 g/mol. The first-order valence-corrected chi connectivity index (χ1v) is 16.4. The molecule has 0 N–H and O–H groups in total. The Bertz CT molecular complexity index is 1070. The van der Waals surface area contributed by atoms with E-state index in [1.54, 1.807) is 12.1 Å². The van der Waals surface area contributed by atoms with Crippen molar-refractivity contribution in [2.45, 2.75) is 70.5 Å². The second kappa shape index (κ2) is 10.2. The Hall–Kier alpha value is -2.11. The molecule has 1 atom stereocenters. The van der Waals surface area contributed by atoms with Gasteiger partial charge in [-0.2, -0.15) is 13.2 Å². The lowest BCUT2D eigenvalue weighted by atomic mass is 10.1. The van der Waals surface area contributed by atoms with Gasteiger partial charge in [-0.25, -0.2) is 4.98 Å². The standard InChI is InChI=1S/C26H33F3NO2PSi/c1-17(2)33(18(3)4)23(19-13-15-21(16-14-19)26(27,28)29)22-25(32-34(5,6)7)31-24(30-22)20-11-9-8-10-12-20/h8-18,23H,1-7H3. The Kier molecular flexibility index (Phi) is 7.98. The van der Waals surface area contributed by atoms with Crippen LogP contribution in [0.2, 0.25) is 19.6 Å². The van der Waals surface area contributed by atoms with Gasteiger partial charge in [0.2, 0.25) is 14.2 Å². The molecule has 0 amide bonds. The molecule has 0 spiro atoms. The van der Waals surface area contributed by atoms with Crippen LogP contribution in [0.4, 0.5) is 13.2 Å². The average Bonchev–Trinajstić information content (AvgIpc) is 3.13. The molecular weight excluding hydrogens is 474 g/mol. The van der Waals surface area contributed by atoms with E-state index in [1.807, 2.05) is 30.3 Å². The van der Waals surface area contributed by atoms with E-state index in [1.165, 1.54) is 0 Å². The molecule has 2 aromatic carbocycles. The molecule has 0 fully saturated rings. The van der Waals surface area contributed by atoms with E-state index < -0.39 is 28.0 Å². The zero-order chi connectivity index (χ0) is 25.3. The maximum Gasteiger partial charge on any atom is 0.416 e. The molecule has 184 valence electrons. The molecule has 0 radical (unpaired) electrons. The highest BCUT2D eigenvalue weighted by Gasteiger charge is 2.37.